The molecule has 0 aliphatic carbocycles. The molecule has 0 aromatic heterocycles. The summed E-state index contributed by atoms with van der Waals surface area (Å²) >= 11 is 0. The molecule has 4 aromatic carbocycles. The zero-order valence-corrected chi connectivity index (χ0v) is 26.6. The van der Waals surface area contributed by atoms with Crippen molar-refractivity contribution in [3.8, 4) is 46.0 Å². The number of hydrogen-bond donors (Lipinski definition) is 4. The molecule has 0 saturated carbocycles. The second-order valence-electron chi connectivity index (χ2n) is 10.1. The third-order valence-corrected chi connectivity index (χ3v) is 7.10. The quantitative estimate of drug-likeness (QED) is 0.115. The summed E-state index contributed by atoms with van der Waals surface area (Å²) in [5.41, 5.74) is 1.30. The van der Waals surface area contributed by atoms with Gasteiger partial charge in [-0.05, 0) is 35.4 Å². The van der Waals surface area contributed by atoms with Gasteiger partial charge >= 0.3 is 0 Å². The van der Waals surface area contributed by atoms with E-state index in [2.05, 4.69) is 0 Å². The van der Waals surface area contributed by atoms with Crippen LogP contribution < -0.4 is 37.9 Å². The van der Waals surface area contributed by atoms with E-state index in [0.717, 1.165) is 5.56 Å². The number of para-hydroxylation sites is 2. The Kier molecular flexibility index (Phi) is 12.8. The molecule has 252 valence electrons. The molecule has 0 bridgehead atoms. The molecular formula is C35H40O12. The number of aliphatic hydroxyl groups is 4. The SMILES string of the molecule is COc1cc(C(O)C(CO)Oc2ccccc2OC)ccc1OC(CO)C(O)Oc1cc(OC)c(OCc2ccccc2)c(OC)c1. The molecule has 0 amide bonds. The van der Waals surface area contributed by atoms with E-state index in [9.17, 15) is 20.4 Å². The van der Waals surface area contributed by atoms with Crippen molar-refractivity contribution in [3.63, 3.8) is 0 Å². The summed E-state index contributed by atoms with van der Waals surface area (Å²) in [5, 5.41) is 42.0. The van der Waals surface area contributed by atoms with Gasteiger partial charge in [-0.25, -0.2) is 0 Å². The van der Waals surface area contributed by atoms with E-state index >= 15 is 0 Å². The van der Waals surface area contributed by atoms with Crippen molar-refractivity contribution >= 4 is 0 Å². The minimum Gasteiger partial charge on any atom is -0.493 e. The maximum atomic E-state index is 11.0. The van der Waals surface area contributed by atoms with Crippen molar-refractivity contribution in [2.45, 2.75) is 31.2 Å². The number of ether oxygens (including phenoxy) is 8. The summed E-state index contributed by atoms with van der Waals surface area (Å²) < 4.78 is 45.2. The Morgan fingerprint density at radius 2 is 1.11 bits per heavy atom. The van der Waals surface area contributed by atoms with Crippen molar-refractivity contribution in [3.05, 3.63) is 96.1 Å². The molecule has 4 unspecified atom stereocenters. The van der Waals surface area contributed by atoms with Crippen LogP contribution in [0.1, 0.15) is 17.2 Å². The van der Waals surface area contributed by atoms with E-state index < -0.39 is 37.8 Å². The average molecular weight is 653 g/mol. The van der Waals surface area contributed by atoms with Gasteiger partial charge in [0.15, 0.2) is 46.7 Å². The number of hydrogen-bond acceptors (Lipinski definition) is 12. The maximum Gasteiger partial charge on any atom is 0.237 e. The van der Waals surface area contributed by atoms with Gasteiger partial charge in [0.1, 0.15) is 18.5 Å². The van der Waals surface area contributed by atoms with Gasteiger partial charge < -0.3 is 58.3 Å². The third kappa shape index (κ3) is 8.89. The lowest BCUT2D eigenvalue weighted by Crippen LogP contribution is -2.39. The highest BCUT2D eigenvalue weighted by Crippen LogP contribution is 2.42. The Hall–Kier alpha value is -4.88. The number of rotatable bonds is 18. The lowest BCUT2D eigenvalue weighted by atomic mass is 10.0. The van der Waals surface area contributed by atoms with Crippen LogP contribution in [0.15, 0.2) is 84.9 Å². The highest BCUT2D eigenvalue weighted by Gasteiger charge is 2.28. The molecule has 4 aromatic rings. The molecule has 0 aliphatic rings. The summed E-state index contributed by atoms with van der Waals surface area (Å²) in [6, 6.07) is 24.0. The Morgan fingerprint density at radius 1 is 0.553 bits per heavy atom. The fraction of sp³-hybridized carbons (Fsp3) is 0.314. The third-order valence-electron chi connectivity index (χ3n) is 7.10. The zero-order chi connectivity index (χ0) is 33.8. The van der Waals surface area contributed by atoms with E-state index in [4.69, 9.17) is 37.9 Å². The van der Waals surface area contributed by atoms with Gasteiger partial charge in [-0.2, -0.15) is 0 Å². The highest BCUT2D eigenvalue weighted by molar-refractivity contribution is 5.56. The zero-order valence-electron chi connectivity index (χ0n) is 26.6. The molecular weight excluding hydrogens is 612 g/mol. The van der Waals surface area contributed by atoms with Gasteiger partial charge in [-0.3, -0.25) is 0 Å². The van der Waals surface area contributed by atoms with Crippen molar-refractivity contribution in [1.29, 1.82) is 0 Å². The van der Waals surface area contributed by atoms with Crippen LogP contribution in [-0.4, -0.2) is 80.6 Å². The van der Waals surface area contributed by atoms with E-state index in [0.29, 0.717) is 34.3 Å². The Bertz CT molecular complexity index is 1520. The standard InChI is InChI=1S/C35H40O12/c1-40-25-12-8-9-13-26(25)46-31(19-36)33(38)23-14-15-27(28(16-23)41-2)47-32(20-37)35(39)45-24-17-29(42-3)34(30(18-24)43-4)44-21-22-10-6-5-7-11-22/h5-18,31-33,35-39H,19-21H2,1-4H3. The fourth-order valence-electron chi connectivity index (χ4n) is 4.62. The first-order chi connectivity index (χ1) is 22.8. The van der Waals surface area contributed by atoms with E-state index in [1.807, 2.05) is 30.3 Å². The first kappa shape index (κ1) is 35.0. The smallest absolute Gasteiger partial charge is 0.237 e. The molecule has 47 heavy (non-hydrogen) atoms. The van der Waals surface area contributed by atoms with Gasteiger partial charge in [0.2, 0.25) is 12.0 Å². The number of aliphatic hydroxyl groups excluding tert-OH is 4. The van der Waals surface area contributed by atoms with Crippen LogP contribution in [0.3, 0.4) is 0 Å². The molecule has 4 atom stereocenters. The normalized spacial score (nSPS) is 13.4. The van der Waals surface area contributed by atoms with Crippen LogP contribution in [0.4, 0.5) is 0 Å². The highest BCUT2D eigenvalue weighted by atomic mass is 16.6. The van der Waals surface area contributed by atoms with Gasteiger partial charge in [-0.1, -0.05) is 48.5 Å². The minimum atomic E-state index is -1.64. The Balaban J connectivity index is 1.47. The maximum absolute atomic E-state index is 11.0. The minimum absolute atomic E-state index is 0.149. The molecule has 0 radical (unpaired) electrons. The average Bonchev–Trinajstić information content (AvgIpc) is 3.11. The predicted molar refractivity (Wildman–Crippen MR) is 171 cm³/mol. The van der Waals surface area contributed by atoms with Crippen LogP contribution in [0.25, 0.3) is 0 Å². The summed E-state index contributed by atoms with van der Waals surface area (Å²) in [4.78, 5) is 0. The molecule has 0 heterocycles. The van der Waals surface area contributed by atoms with Gasteiger partial charge in [-0.15, -0.1) is 0 Å². The van der Waals surface area contributed by atoms with Crippen LogP contribution in [0.5, 0.6) is 46.0 Å². The van der Waals surface area contributed by atoms with Crippen LogP contribution in [0, 0.1) is 0 Å². The summed E-state index contributed by atoms with van der Waals surface area (Å²) in [6.45, 7) is -0.851. The predicted octanol–water partition coefficient (Wildman–Crippen LogP) is 3.91. The Morgan fingerprint density at radius 3 is 1.70 bits per heavy atom. The van der Waals surface area contributed by atoms with Crippen LogP contribution in [-0.2, 0) is 6.61 Å². The van der Waals surface area contributed by atoms with Crippen molar-refractivity contribution in [2.75, 3.05) is 41.7 Å². The van der Waals surface area contributed by atoms with Crippen molar-refractivity contribution < 1.29 is 58.3 Å². The van der Waals surface area contributed by atoms with E-state index in [1.54, 1.807) is 30.3 Å². The monoisotopic (exact) mass is 652 g/mol. The van der Waals surface area contributed by atoms with Crippen molar-refractivity contribution in [1.82, 2.24) is 0 Å². The van der Waals surface area contributed by atoms with E-state index in [1.165, 1.54) is 52.7 Å². The van der Waals surface area contributed by atoms with Crippen molar-refractivity contribution in [2.24, 2.45) is 0 Å². The molecule has 0 fully saturated rings. The lowest BCUT2D eigenvalue weighted by Gasteiger charge is -2.26. The summed E-state index contributed by atoms with van der Waals surface area (Å²) in [7, 11) is 5.81. The van der Waals surface area contributed by atoms with Crippen LogP contribution in [0.2, 0.25) is 0 Å². The molecule has 0 aliphatic heterocycles. The topological polar surface area (TPSA) is 155 Å². The largest absolute Gasteiger partial charge is 0.493 e. The molecule has 4 N–H and O–H groups in total. The molecule has 12 heteroatoms. The molecule has 0 spiro atoms. The molecule has 12 nitrogen and oxygen atoms in total. The molecule has 0 saturated heterocycles. The second kappa shape index (κ2) is 17.2. The second-order valence-corrected chi connectivity index (χ2v) is 10.1. The van der Waals surface area contributed by atoms with Gasteiger partial charge in [0, 0.05) is 12.1 Å². The first-order valence-electron chi connectivity index (χ1n) is 14.7. The number of benzene rings is 4. The summed E-state index contributed by atoms with van der Waals surface area (Å²) in [6.07, 6.45) is -5.20. The Labute approximate surface area is 273 Å². The first-order valence-corrected chi connectivity index (χ1v) is 14.7. The van der Waals surface area contributed by atoms with E-state index in [-0.39, 0.29) is 23.9 Å². The lowest BCUT2D eigenvalue weighted by molar-refractivity contribution is -0.108. The number of methoxy groups -OCH3 is 4. The molecule has 4 rings (SSSR count). The van der Waals surface area contributed by atoms with Gasteiger partial charge in [0.25, 0.3) is 0 Å². The van der Waals surface area contributed by atoms with Gasteiger partial charge in [0.05, 0.1) is 41.7 Å². The van der Waals surface area contributed by atoms with Crippen LogP contribution >= 0.6 is 0 Å². The fourth-order valence-corrected chi connectivity index (χ4v) is 4.62. The summed E-state index contributed by atoms with van der Waals surface area (Å²) in [5.74, 6) is 2.24.